The summed E-state index contributed by atoms with van der Waals surface area (Å²) in [5.41, 5.74) is 0.0180. The van der Waals surface area contributed by atoms with Crippen LogP contribution < -0.4 is 14.8 Å². The molecule has 0 spiro atoms. The van der Waals surface area contributed by atoms with Gasteiger partial charge in [-0.2, -0.15) is 13.2 Å². The highest BCUT2D eigenvalue weighted by Gasteiger charge is 2.30. The minimum absolute atomic E-state index is 0.127. The van der Waals surface area contributed by atoms with Crippen LogP contribution in [0.3, 0.4) is 0 Å². The average Bonchev–Trinajstić information content (AvgIpc) is 3.00. The molecule has 0 radical (unpaired) electrons. The number of anilines is 1. The number of carbonyl (C=O) groups is 1. The molecule has 3 rings (SSSR count). The van der Waals surface area contributed by atoms with Crippen molar-refractivity contribution < 1.29 is 27.4 Å². The minimum atomic E-state index is -4.42. The summed E-state index contributed by atoms with van der Waals surface area (Å²) in [4.78, 5) is 11.9. The van der Waals surface area contributed by atoms with Gasteiger partial charge in [0.05, 0.1) is 5.56 Å². The van der Waals surface area contributed by atoms with Crippen LogP contribution in [0.25, 0.3) is 6.08 Å². The van der Waals surface area contributed by atoms with Crippen LogP contribution in [0.4, 0.5) is 18.9 Å². The van der Waals surface area contributed by atoms with Gasteiger partial charge in [0, 0.05) is 17.8 Å². The molecule has 1 heterocycles. The van der Waals surface area contributed by atoms with Crippen LogP contribution in [-0.2, 0) is 11.0 Å². The van der Waals surface area contributed by atoms with E-state index in [4.69, 9.17) is 9.47 Å². The summed E-state index contributed by atoms with van der Waals surface area (Å²) in [7, 11) is 0. The zero-order valence-corrected chi connectivity index (χ0v) is 12.3. The summed E-state index contributed by atoms with van der Waals surface area (Å²) < 4.78 is 48.3. The molecular formula is C17H12F3NO3. The predicted molar refractivity (Wildman–Crippen MR) is 81.7 cm³/mol. The lowest BCUT2D eigenvalue weighted by Gasteiger charge is -2.06. The fraction of sp³-hybridized carbons (Fsp3) is 0.118. The van der Waals surface area contributed by atoms with Gasteiger partial charge in [-0.05, 0) is 35.9 Å². The quantitative estimate of drug-likeness (QED) is 0.860. The predicted octanol–water partition coefficient (Wildman–Crippen LogP) is 4.09. The van der Waals surface area contributed by atoms with Gasteiger partial charge < -0.3 is 14.8 Å². The second-order valence-electron chi connectivity index (χ2n) is 5.01. The van der Waals surface area contributed by atoms with Gasteiger partial charge in [-0.15, -0.1) is 0 Å². The van der Waals surface area contributed by atoms with Crippen molar-refractivity contribution in [1.82, 2.24) is 0 Å². The minimum Gasteiger partial charge on any atom is -0.454 e. The Kier molecular flexibility index (Phi) is 4.16. The van der Waals surface area contributed by atoms with Gasteiger partial charge in [0.1, 0.15) is 0 Å². The molecule has 124 valence electrons. The Morgan fingerprint density at radius 2 is 1.88 bits per heavy atom. The van der Waals surface area contributed by atoms with Gasteiger partial charge >= 0.3 is 6.18 Å². The molecule has 0 aliphatic carbocycles. The molecule has 2 aromatic carbocycles. The zero-order valence-electron chi connectivity index (χ0n) is 12.3. The van der Waals surface area contributed by atoms with Gasteiger partial charge in [0.15, 0.2) is 11.5 Å². The molecule has 0 bridgehead atoms. The lowest BCUT2D eigenvalue weighted by Crippen LogP contribution is -2.07. The lowest BCUT2D eigenvalue weighted by molar-refractivity contribution is -0.137. The van der Waals surface area contributed by atoms with Crippen molar-refractivity contribution in [3.8, 4) is 11.5 Å². The van der Waals surface area contributed by atoms with E-state index in [2.05, 4.69) is 5.32 Å². The topological polar surface area (TPSA) is 47.6 Å². The number of halogens is 3. The van der Waals surface area contributed by atoms with Crippen LogP contribution in [0.15, 0.2) is 48.5 Å². The molecule has 4 nitrogen and oxygen atoms in total. The molecular weight excluding hydrogens is 323 g/mol. The standard InChI is InChI=1S/C17H12F3NO3/c18-17(19,20)12-3-1-2-11(8-12)4-7-16(22)21-13-5-6-14-15(9-13)24-10-23-14/h1-9H,10H2,(H,21,22)/b7-4+. The van der Waals surface area contributed by atoms with Gasteiger partial charge in [0.25, 0.3) is 0 Å². The lowest BCUT2D eigenvalue weighted by atomic mass is 10.1. The number of nitrogens with one attached hydrogen (secondary N) is 1. The van der Waals surface area contributed by atoms with Crippen LogP contribution in [0.5, 0.6) is 11.5 Å². The average molecular weight is 335 g/mol. The van der Waals surface area contributed by atoms with E-state index in [0.29, 0.717) is 17.2 Å². The summed E-state index contributed by atoms with van der Waals surface area (Å²) in [5, 5.41) is 2.60. The Balaban J connectivity index is 1.67. The number of alkyl halides is 3. The Morgan fingerprint density at radius 3 is 2.67 bits per heavy atom. The van der Waals surface area contributed by atoms with Crippen molar-refractivity contribution >= 4 is 17.7 Å². The van der Waals surface area contributed by atoms with E-state index in [-0.39, 0.29) is 12.4 Å². The largest absolute Gasteiger partial charge is 0.454 e. The van der Waals surface area contributed by atoms with E-state index in [0.717, 1.165) is 12.1 Å². The molecule has 1 aliphatic rings. The molecule has 0 saturated carbocycles. The van der Waals surface area contributed by atoms with E-state index in [1.54, 1.807) is 18.2 Å². The van der Waals surface area contributed by atoms with E-state index in [9.17, 15) is 18.0 Å². The Bertz CT molecular complexity index is 800. The monoisotopic (exact) mass is 335 g/mol. The third kappa shape index (κ3) is 3.68. The molecule has 1 aliphatic heterocycles. The Morgan fingerprint density at radius 1 is 1.08 bits per heavy atom. The SMILES string of the molecule is O=C(/C=C/c1cccc(C(F)(F)F)c1)Nc1ccc2c(c1)OCO2. The molecule has 2 aromatic rings. The van der Waals surface area contributed by atoms with Crippen LogP contribution in [0, 0.1) is 0 Å². The van der Waals surface area contributed by atoms with E-state index in [1.807, 2.05) is 0 Å². The number of amides is 1. The highest BCUT2D eigenvalue weighted by Crippen LogP contribution is 2.34. The van der Waals surface area contributed by atoms with Crippen molar-refractivity contribution in [3.63, 3.8) is 0 Å². The fourth-order valence-corrected chi connectivity index (χ4v) is 2.15. The maximum absolute atomic E-state index is 12.6. The first-order chi connectivity index (χ1) is 11.4. The molecule has 7 heteroatoms. The summed E-state index contributed by atoms with van der Waals surface area (Å²) in [6.07, 6.45) is -1.93. The third-order valence-corrected chi connectivity index (χ3v) is 3.28. The van der Waals surface area contributed by atoms with Crippen molar-refractivity contribution in [2.75, 3.05) is 12.1 Å². The fourth-order valence-electron chi connectivity index (χ4n) is 2.15. The molecule has 0 aromatic heterocycles. The molecule has 0 saturated heterocycles. The van der Waals surface area contributed by atoms with E-state index >= 15 is 0 Å². The first-order valence-corrected chi connectivity index (χ1v) is 6.98. The second kappa shape index (κ2) is 6.27. The summed E-state index contributed by atoms with van der Waals surface area (Å²) in [6.45, 7) is 0.127. The summed E-state index contributed by atoms with van der Waals surface area (Å²) in [5.74, 6) is 0.647. The smallest absolute Gasteiger partial charge is 0.416 e. The second-order valence-corrected chi connectivity index (χ2v) is 5.01. The number of hydrogen-bond donors (Lipinski definition) is 1. The van der Waals surface area contributed by atoms with Crippen molar-refractivity contribution in [3.05, 3.63) is 59.7 Å². The number of carbonyl (C=O) groups excluding carboxylic acids is 1. The molecule has 0 unspecified atom stereocenters. The van der Waals surface area contributed by atoms with E-state index < -0.39 is 17.6 Å². The highest BCUT2D eigenvalue weighted by molar-refractivity contribution is 6.02. The van der Waals surface area contributed by atoms with Gasteiger partial charge in [-0.3, -0.25) is 4.79 Å². The van der Waals surface area contributed by atoms with Crippen LogP contribution in [-0.4, -0.2) is 12.7 Å². The number of hydrogen-bond acceptors (Lipinski definition) is 3. The molecule has 0 atom stereocenters. The number of benzene rings is 2. The van der Waals surface area contributed by atoms with Crippen LogP contribution in [0.1, 0.15) is 11.1 Å². The van der Waals surface area contributed by atoms with E-state index in [1.165, 1.54) is 24.3 Å². The third-order valence-electron chi connectivity index (χ3n) is 3.28. The Hall–Kier alpha value is -2.96. The Labute approximate surface area is 135 Å². The first-order valence-electron chi connectivity index (χ1n) is 6.98. The maximum Gasteiger partial charge on any atom is 0.416 e. The van der Waals surface area contributed by atoms with Crippen molar-refractivity contribution in [2.45, 2.75) is 6.18 Å². The number of fused-ring (bicyclic) bond motifs is 1. The maximum atomic E-state index is 12.6. The number of ether oxygens (including phenoxy) is 2. The normalized spacial score (nSPS) is 13.3. The van der Waals surface area contributed by atoms with Crippen LogP contribution in [0.2, 0.25) is 0 Å². The van der Waals surface area contributed by atoms with Gasteiger partial charge in [0.2, 0.25) is 12.7 Å². The first kappa shape index (κ1) is 15.9. The number of rotatable bonds is 3. The zero-order chi connectivity index (χ0) is 17.2. The molecule has 1 N–H and O–H groups in total. The van der Waals surface area contributed by atoms with Crippen molar-refractivity contribution in [2.24, 2.45) is 0 Å². The highest BCUT2D eigenvalue weighted by atomic mass is 19.4. The van der Waals surface area contributed by atoms with Crippen LogP contribution >= 0.6 is 0 Å². The molecule has 0 fully saturated rings. The molecule has 24 heavy (non-hydrogen) atoms. The summed E-state index contributed by atoms with van der Waals surface area (Å²) in [6, 6.07) is 9.64. The molecule has 1 amide bonds. The van der Waals surface area contributed by atoms with Crippen molar-refractivity contribution in [1.29, 1.82) is 0 Å². The van der Waals surface area contributed by atoms with Gasteiger partial charge in [-0.25, -0.2) is 0 Å². The van der Waals surface area contributed by atoms with Gasteiger partial charge in [-0.1, -0.05) is 12.1 Å². The summed E-state index contributed by atoms with van der Waals surface area (Å²) >= 11 is 0.